The number of hydrogen-bond acceptors (Lipinski definition) is 5. The van der Waals surface area contributed by atoms with E-state index in [1.165, 1.54) is 0 Å². The number of aliphatic carboxylic acids is 1. The zero-order valence-corrected chi connectivity index (χ0v) is 7.89. The Hall–Kier alpha value is 0.575. The molecular formula is C4H6Li2O5S. The molecule has 0 spiro atoms. The van der Waals surface area contributed by atoms with Gasteiger partial charge in [0.05, 0.1) is 10.1 Å². The van der Waals surface area contributed by atoms with Crippen molar-refractivity contribution in [2.75, 3.05) is 5.75 Å². The average Bonchev–Trinajstić information content (AvgIpc) is 1.59. The minimum absolute atomic E-state index is 0. The van der Waals surface area contributed by atoms with Gasteiger partial charge in [0.2, 0.25) is 0 Å². The van der Waals surface area contributed by atoms with Crippen molar-refractivity contribution in [2.45, 2.75) is 12.8 Å². The summed E-state index contributed by atoms with van der Waals surface area (Å²) < 4.78 is 29.5. The van der Waals surface area contributed by atoms with E-state index in [0.29, 0.717) is 0 Å². The van der Waals surface area contributed by atoms with Gasteiger partial charge in [-0.05, 0) is 12.8 Å². The smallest absolute Gasteiger partial charge is 0.748 e. The molecular weight excluding hydrogens is 174 g/mol. The Kier molecular flexibility index (Phi) is 12.5. The molecule has 0 amide bonds. The summed E-state index contributed by atoms with van der Waals surface area (Å²) >= 11 is 0. The van der Waals surface area contributed by atoms with Crippen LogP contribution in [0.4, 0.5) is 0 Å². The molecule has 0 aromatic heterocycles. The summed E-state index contributed by atoms with van der Waals surface area (Å²) in [7, 11) is -4.26. The van der Waals surface area contributed by atoms with Crippen LogP contribution in [-0.2, 0) is 14.9 Å². The topological polar surface area (TPSA) is 97.3 Å². The van der Waals surface area contributed by atoms with Gasteiger partial charge in [0.1, 0.15) is 0 Å². The second kappa shape index (κ2) is 8.19. The van der Waals surface area contributed by atoms with Gasteiger partial charge < -0.3 is 14.5 Å². The summed E-state index contributed by atoms with van der Waals surface area (Å²) in [6, 6.07) is 0. The maximum Gasteiger partial charge on any atom is 1.00 e. The molecule has 0 heterocycles. The van der Waals surface area contributed by atoms with E-state index < -0.39 is 21.8 Å². The first kappa shape index (κ1) is 18.4. The van der Waals surface area contributed by atoms with E-state index in [0.717, 1.165) is 0 Å². The first-order valence-corrected chi connectivity index (χ1v) is 4.13. The molecule has 60 valence electrons. The Labute approximate surface area is 95.0 Å². The van der Waals surface area contributed by atoms with Gasteiger partial charge in [0, 0.05) is 11.7 Å². The molecule has 0 saturated carbocycles. The Morgan fingerprint density at radius 3 is 1.92 bits per heavy atom. The van der Waals surface area contributed by atoms with E-state index in [-0.39, 0.29) is 50.6 Å². The predicted octanol–water partition coefficient (Wildman–Crippen LogP) is -7.93. The number of hydrogen-bond donors (Lipinski definition) is 0. The van der Waals surface area contributed by atoms with E-state index in [4.69, 9.17) is 0 Å². The molecule has 0 fully saturated rings. The van der Waals surface area contributed by atoms with Gasteiger partial charge in [-0.1, -0.05) is 0 Å². The van der Waals surface area contributed by atoms with Crippen LogP contribution < -0.4 is 42.8 Å². The van der Waals surface area contributed by atoms with Crippen molar-refractivity contribution in [3.05, 3.63) is 0 Å². The minimum atomic E-state index is -4.26. The van der Waals surface area contributed by atoms with Crippen LogP contribution in [0.15, 0.2) is 0 Å². The molecule has 0 saturated heterocycles. The normalized spacial score (nSPS) is 9.42. The summed E-state index contributed by atoms with van der Waals surface area (Å²) in [6.07, 6.45) is -0.560. The molecule has 5 nitrogen and oxygen atoms in total. The Balaban J connectivity index is -0.000000405. The summed E-state index contributed by atoms with van der Waals surface area (Å²) in [5.41, 5.74) is 0. The summed E-state index contributed by atoms with van der Waals surface area (Å²) in [6.45, 7) is 0. The summed E-state index contributed by atoms with van der Waals surface area (Å²) in [4.78, 5) is 9.68. The maximum atomic E-state index is 9.84. The van der Waals surface area contributed by atoms with Gasteiger partial charge >= 0.3 is 37.7 Å². The quantitative estimate of drug-likeness (QED) is 0.316. The molecule has 0 atom stereocenters. The maximum absolute atomic E-state index is 9.84. The van der Waals surface area contributed by atoms with Gasteiger partial charge in [-0.25, -0.2) is 8.42 Å². The van der Waals surface area contributed by atoms with Crippen LogP contribution in [0.2, 0.25) is 0 Å². The van der Waals surface area contributed by atoms with E-state index in [9.17, 15) is 22.9 Å². The fourth-order valence-electron chi connectivity index (χ4n) is 0.393. The number of carboxylic acid groups (broad SMARTS) is 1. The van der Waals surface area contributed by atoms with E-state index in [1.807, 2.05) is 0 Å². The van der Waals surface area contributed by atoms with Crippen molar-refractivity contribution in [2.24, 2.45) is 0 Å². The second-order valence-corrected chi connectivity index (χ2v) is 3.26. The Morgan fingerprint density at radius 2 is 1.67 bits per heavy atom. The monoisotopic (exact) mass is 180 g/mol. The van der Waals surface area contributed by atoms with E-state index in [1.54, 1.807) is 0 Å². The first-order valence-electron chi connectivity index (χ1n) is 2.55. The fraction of sp³-hybridized carbons (Fsp3) is 0.750. The molecule has 0 aliphatic carbocycles. The summed E-state index contributed by atoms with van der Waals surface area (Å²) in [5, 5.41) is 9.68. The van der Waals surface area contributed by atoms with Crippen molar-refractivity contribution in [1.29, 1.82) is 0 Å². The predicted molar refractivity (Wildman–Crippen MR) is 28.8 cm³/mol. The molecule has 0 aliphatic heterocycles. The van der Waals surface area contributed by atoms with E-state index >= 15 is 0 Å². The van der Waals surface area contributed by atoms with Crippen LogP contribution in [0.5, 0.6) is 0 Å². The fourth-order valence-corrected chi connectivity index (χ4v) is 0.891. The molecule has 8 heteroatoms. The molecule has 12 heavy (non-hydrogen) atoms. The molecule has 0 rings (SSSR count). The third-order valence-electron chi connectivity index (χ3n) is 0.775. The summed E-state index contributed by atoms with van der Waals surface area (Å²) in [5.74, 6) is -1.98. The van der Waals surface area contributed by atoms with Crippen LogP contribution in [0.25, 0.3) is 0 Å². The first-order chi connectivity index (χ1) is 4.42. The standard InChI is InChI=1S/C4H8O5S.2Li/c5-4(6)2-1-3-10(7,8)9;;/h1-3H2,(H,5,6)(H,7,8,9);;/q;2*+1/p-2. The molecule has 0 aliphatic rings. The van der Waals surface area contributed by atoms with Gasteiger partial charge in [0.15, 0.2) is 0 Å². The zero-order valence-electron chi connectivity index (χ0n) is 7.07. The van der Waals surface area contributed by atoms with Crippen LogP contribution in [0, 0.1) is 0 Å². The van der Waals surface area contributed by atoms with E-state index in [2.05, 4.69) is 0 Å². The SMILES string of the molecule is O=C([O-])CCCS(=O)(=O)[O-].[Li+].[Li+]. The van der Waals surface area contributed by atoms with Gasteiger partial charge in [0.25, 0.3) is 0 Å². The Bertz CT molecular complexity index is 211. The van der Waals surface area contributed by atoms with Crippen molar-refractivity contribution < 1.29 is 60.6 Å². The largest absolute Gasteiger partial charge is 1.00 e. The molecule has 0 N–H and O–H groups in total. The number of rotatable bonds is 4. The molecule has 0 bridgehead atoms. The number of carbonyl (C=O) groups is 1. The van der Waals surface area contributed by atoms with Crippen molar-refractivity contribution in [1.82, 2.24) is 0 Å². The molecule has 0 unspecified atom stereocenters. The van der Waals surface area contributed by atoms with Crippen LogP contribution in [-0.4, -0.2) is 24.7 Å². The van der Waals surface area contributed by atoms with Gasteiger partial charge in [-0.15, -0.1) is 0 Å². The van der Waals surface area contributed by atoms with Crippen LogP contribution >= 0.6 is 0 Å². The van der Waals surface area contributed by atoms with Crippen LogP contribution in [0.3, 0.4) is 0 Å². The molecule has 0 aromatic rings. The minimum Gasteiger partial charge on any atom is -0.748 e. The third kappa shape index (κ3) is 16.9. The molecule has 0 radical (unpaired) electrons. The Morgan fingerprint density at radius 1 is 1.25 bits per heavy atom. The molecule has 0 aromatic carbocycles. The van der Waals surface area contributed by atoms with Crippen molar-refractivity contribution in [3.8, 4) is 0 Å². The number of carboxylic acids is 1. The second-order valence-electron chi connectivity index (χ2n) is 1.74. The third-order valence-corrected chi connectivity index (χ3v) is 1.56. The van der Waals surface area contributed by atoms with Crippen molar-refractivity contribution >= 4 is 16.1 Å². The van der Waals surface area contributed by atoms with Crippen LogP contribution in [0.1, 0.15) is 12.8 Å². The van der Waals surface area contributed by atoms with Gasteiger partial charge in [-0.3, -0.25) is 0 Å². The van der Waals surface area contributed by atoms with Gasteiger partial charge in [-0.2, -0.15) is 0 Å². The zero-order chi connectivity index (χ0) is 8.20. The average molecular weight is 180 g/mol. The van der Waals surface area contributed by atoms with Crippen molar-refractivity contribution in [3.63, 3.8) is 0 Å². The number of carbonyl (C=O) groups excluding carboxylic acids is 1.